The highest BCUT2D eigenvalue weighted by atomic mass is 35.5. The lowest BCUT2D eigenvalue weighted by Crippen LogP contribution is -2.40. The first kappa shape index (κ1) is 47.5. The van der Waals surface area contributed by atoms with E-state index in [-0.39, 0.29) is 29.8 Å². The molecule has 0 bridgehead atoms. The van der Waals surface area contributed by atoms with Crippen molar-refractivity contribution in [3.8, 4) is 23.0 Å². The van der Waals surface area contributed by atoms with Crippen molar-refractivity contribution in [3.05, 3.63) is 123 Å². The van der Waals surface area contributed by atoms with Gasteiger partial charge in [0, 0.05) is 17.5 Å². The van der Waals surface area contributed by atoms with Gasteiger partial charge in [-0.2, -0.15) is 0 Å². The minimum absolute atomic E-state index is 0.153. The van der Waals surface area contributed by atoms with Crippen LogP contribution in [0.2, 0.25) is 5.02 Å². The zero-order valence-corrected chi connectivity index (χ0v) is 34.2. The Morgan fingerprint density at radius 3 is 2.33 bits per heavy atom. The molecule has 308 valence electrons. The van der Waals surface area contributed by atoms with Gasteiger partial charge in [-0.3, -0.25) is 4.79 Å². The van der Waals surface area contributed by atoms with Crippen molar-refractivity contribution in [2.24, 2.45) is 5.92 Å². The second-order valence-electron chi connectivity index (χ2n) is 12.8. The molecule has 0 spiro atoms. The van der Waals surface area contributed by atoms with Gasteiger partial charge in [-0.05, 0) is 112 Å². The van der Waals surface area contributed by atoms with Crippen LogP contribution >= 0.6 is 11.6 Å². The van der Waals surface area contributed by atoms with Crippen LogP contribution < -0.4 is 24.3 Å². The fourth-order valence-corrected chi connectivity index (χ4v) is 5.48. The molecule has 3 rings (SSSR count). The number of carbonyl (C=O) groups is 3. The summed E-state index contributed by atoms with van der Waals surface area (Å²) in [6, 6.07) is 17.5. The molecule has 0 aliphatic rings. The van der Waals surface area contributed by atoms with Crippen LogP contribution in [-0.2, 0) is 25.8 Å². The summed E-state index contributed by atoms with van der Waals surface area (Å²) < 4.78 is 21.6. The highest BCUT2D eigenvalue weighted by Crippen LogP contribution is 2.29. The van der Waals surface area contributed by atoms with Gasteiger partial charge < -0.3 is 29.1 Å². The predicted octanol–water partition coefficient (Wildman–Crippen LogP) is 10.1. The number of nitrogens with zero attached hydrogens (tertiary/aromatic N) is 1. The van der Waals surface area contributed by atoms with E-state index in [2.05, 4.69) is 36.2 Å². The van der Waals surface area contributed by atoms with Crippen LogP contribution in [0.1, 0.15) is 90.2 Å². The third-order valence-electron chi connectivity index (χ3n) is 8.08. The lowest BCUT2D eigenvalue weighted by atomic mass is 9.98. The molecule has 12 nitrogen and oxygen atoms in total. The molecule has 1 atom stereocenters. The fraction of sp³-hybridized carbons (Fsp3) is 0.386. The predicted molar refractivity (Wildman–Crippen MR) is 222 cm³/mol. The van der Waals surface area contributed by atoms with Crippen molar-refractivity contribution in [1.82, 2.24) is 5.32 Å². The molecule has 0 aromatic heterocycles. The van der Waals surface area contributed by atoms with Gasteiger partial charge in [0.1, 0.15) is 24.1 Å². The van der Waals surface area contributed by atoms with Crippen LogP contribution in [0, 0.1) is 16.0 Å². The molecule has 1 amide bonds. The third-order valence-corrected chi connectivity index (χ3v) is 8.32. The number of benzene rings is 3. The number of unbranched alkanes of at least 4 members (excludes halogenated alkanes) is 1. The Labute approximate surface area is 340 Å². The van der Waals surface area contributed by atoms with Crippen LogP contribution in [-0.4, -0.2) is 42.7 Å². The van der Waals surface area contributed by atoms with E-state index in [0.717, 1.165) is 29.5 Å². The molecule has 0 aliphatic heterocycles. The quantitative estimate of drug-likeness (QED) is 0.0186. The van der Waals surface area contributed by atoms with Crippen LogP contribution in [0.5, 0.6) is 23.0 Å². The summed E-state index contributed by atoms with van der Waals surface area (Å²) in [7, 11) is 1.40. The molecule has 0 radical (unpaired) electrons. The first-order chi connectivity index (χ1) is 27.5. The van der Waals surface area contributed by atoms with Crippen LogP contribution in [0.4, 0.5) is 0 Å². The number of ether oxygens (including phenoxy) is 4. The molecule has 0 fully saturated rings. The fourth-order valence-electron chi connectivity index (χ4n) is 5.30. The Morgan fingerprint density at radius 1 is 0.912 bits per heavy atom. The van der Waals surface area contributed by atoms with Gasteiger partial charge in [0.2, 0.25) is 5.91 Å². The Hall–Kier alpha value is -5.62. The zero-order valence-electron chi connectivity index (χ0n) is 33.4. The summed E-state index contributed by atoms with van der Waals surface area (Å²) in [5.41, 5.74) is 1.03. The molecule has 0 heterocycles. The first-order valence-electron chi connectivity index (χ1n) is 19.1. The second kappa shape index (κ2) is 27.9. The molecular weight excluding hydrogens is 752 g/mol. The van der Waals surface area contributed by atoms with Crippen molar-refractivity contribution in [2.75, 3.05) is 13.7 Å². The summed E-state index contributed by atoms with van der Waals surface area (Å²) in [5, 5.41) is 12.8. The van der Waals surface area contributed by atoms with Crippen molar-refractivity contribution in [2.45, 2.75) is 91.7 Å². The summed E-state index contributed by atoms with van der Waals surface area (Å²) in [6.07, 6.45) is 19.0. The van der Waals surface area contributed by atoms with Crippen molar-refractivity contribution in [3.63, 3.8) is 0 Å². The van der Waals surface area contributed by atoms with Gasteiger partial charge in [0.25, 0.3) is 5.09 Å². The number of amides is 1. The molecule has 3 aromatic rings. The maximum atomic E-state index is 12.4. The van der Waals surface area contributed by atoms with Crippen LogP contribution in [0.3, 0.4) is 0 Å². The Balaban J connectivity index is 0.000000494. The van der Waals surface area contributed by atoms with Gasteiger partial charge in [0.15, 0.2) is 11.5 Å². The average molecular weight is 807 g/mol. The highest BCUT2D eigenvalue weighted by molar-refractivity contribution is 6.30. The van der Waals surface area contributed by atoms with E-state index in [1.54, 1.807) is 24.3 Å². The Kier molecular flexibility index (Phi) is 23.2. The van der Waals surface area contributed by atoms with Gasteiger partial charge in [-0.25, -0.2) is 9.59 Å². The van der Waals surface area contributed by atoms with E-state index in [0.29, 0.717) is 30.6 Å². The number of halogens is 1. The third kappa shape index (κ3) is 20.8. The highest BCUT2D eigenvalue weighted by Gasteiger charge is 2.19. The molecule has 1 N–H and O–H groups in total. The smallest absolute Gasteiger partial charge is 0.336 e. The van der Waals surface area contributed by atoms with E-state index >= 15 is 0 Å². The van der Waals surface area contributed by atoms with Gasteiger partial charge in [-0.15, -0.1) is 10.1 Å². The normalized spacial score (nSPS) is 11.6. The van der Waals surface area contributed by atoms with Crippen molar-refractivity contribution < 1.29 is 43.3 Å². The van der Waals surface area contributed by atoms with Gasteiger partial charge in [0.05, 0.1) is 13.7 Å². The van der Waals surface area contributed by atoms with E-state index in [1.807, 2.05) is 43.3 Å². The maximum absolute atomic E-state index is 12.4. The second-order valence-corrected chi connectivity index (χ2v) is 13.3. The lowest BCUT2D eigenvalue weighted by Gasteiger charge is -2.15. The van der Waals surface area contributed by atoms with Crippen LogP contribution in [0.15, 0.2) is 97.1 Å². The summed E-state index contributed by atoms with van der Waals surface area (Å²) in [4.78, 5) is 51.3. The molecule has 0 saturated heterocycles. The number of esters is 2. The average Bonchev–Trinajstić information content (AvgIpc) is 3.18. The molecule has 13 heteroatoms. The SMILES string of the molecule is C/C=C\CCCC(=O)NC(C)C(=O)Oc1ccc(/C=C/C(=O)Oc2cccc(CO[N+](=O)[O-])c2)cc1OC.CCCC(/C=C/CCOc1cccc(Cl)c1)CCC. The largest absolute Gasteiger partial charge is 0.493 e. The number of hydrogen-bond donors (Lipinski definition) is 1. The van der Waals surface area contributed by atoms with Gasteiger partial charge in [-0.1, -0.05) is 86.9 Å². The minimum Gasteiger partial charge on any atom is -0.493 e. The Morgan fingerprint density at radius 2 is 1.65 bits per heavy atom. The van der Waals surface area contributed by atoms with Crippen molar-refractivity contribution in [1.29, 1.82) is 0 Å². The number of allylic oxidation sites excluding steroid dienone is 3. The lowest BCUT2D eigenvalue weighted by molar-refractivity contribution is -0.763. The van der Waals surface area contributed by atoms with E-state index in [1.165, 1.54) is 70.1 Å². The summed E-state index contributed by atoms with van der Waals surface area (Å²) in [6.45, 7) is 8.38. The first-order valence-corrected chi connectivity index (χ1v) is 19.5. The number of hydrogen-bond acceptors (Lipinski definition) is 10. The monoisotopic (exact) mass is 806 g/mol. The van der Waals surface area contributed by atoms with Crippen molar-refractivity contribution >= 4 is 35.5 Å². The van der Waals surface area contributed by atoms with Crippen LogP contribution in [0.25, 0.3) is 6.08 Å². The molecule has 0 saturated carbocycles. The van der Waals surface area contributed by atoms with E-state index < -0.39 is 23.1 Å². The summed E-state index contributed by atoms with van der Waals surface area (Å²) in [5.74, 6) is 0.612. The number of nitrogens with one attached hydrogen (secondary N) is 1. The molecule has 0 aliphatic carbocycles. The minimum atomic E-state index is -0.908. The molecular formula is C44H55ClN2O10. The number of methoxy groups -OCH3 is 1. The topological polar surface area (TPSA) is 153 Å². The molecule has 57 heavy (non-hydrogen) atoms. The summed E-state index contributed by atoms with van der Waals surface area (Å²) >= 11 is 5.90. The zero-order chi connectivity index (χ0) is 41.8. The van der Waals surface area contributed by atoms with E-state index in [4.69, 9.17) is 30.5 Å². The molecule has 1 unspecified atom stereocenters. The Bertz CT molecular complexity index is 1790. The maximum Gasteiger partial charge on any atom is 0.336 e. The standard InChI is InChI=1S/C27H30N2O9.C17H25ClO/c1-4-5-6-7-11-25(30)28-19(2)27(32)38-23-14-12-20(17-24(23)35-3)13-15-26(31)37-22-10-8-9-21(16-22)18-36-29(33)34;1-3-8-15(9-4-2)10-5-6-13-19-17-12-7-11-16(18)14-17/h4-5,8-10,12-17,19H,6-7,11,18H2,1-3H3,(H,28,30);5,7,10-12,14-15H,3-4,6,8-9,13H2,1-2H3/b5-4-,15-13+;10-5+. The number of rotatable bonds is 23. The van der Waals surface area contributed by atoms with E-state index in [9.17, 15) is 24.5 Å². The van der Waals surface area contributed by atoms with Gasteiger partial charge >= 0.3 is 11.9 Å². The number of carbonyl (C=O) groups excluding carboxylic acids is 3. The molecule has 3 aromatic carbocycles.